The highest BCUT2D eigenvalue weighted by Gasteiger charge is 2.24. The molecule has 1 amide bonds. The molecule has 0 spiro atoms. The Bertz CT molecular complexity index is 753. The molecule has 3 N–H and O–H groups in total. The first kappa shape index (κ1) is 16.1. The summed E-state index contributed by atoms with van der Waals surface area (Å²) >= 11 is 0. The molecule has 1 aliphatic rings. The van der Waals surface area contributed by atoms with Gasteiger partial charge in [-0.3, -0.25) is 4.79 Å². The zero-order chi connectivity index (χ0) is 16.9. The van der Waals surface area contributed by atoms with Gasteiger partial charge < -0.3 is 15.8 Å². The van der Waals surface area contributed by atoms with Crippen LogP contribution >= 0.6 is 0 Å². The van der Waals surface area contributed by atoms with Crippen molar-refractivity contribution in [3.8, 4) is 5.75 Å². The van der Waals surface area contributed by atoms with Gasteiger partial charge in [0.05, 0.1) is 0 Å². The lowest BCUT2D eigenvalue weighted by Gasteiger charge is -2.28. The van der Waals surface area contributed by atoms with Gasteiger partial charge in [0.15, 0.2) is 0 Å². The molecular weight excluding hydrogens is 300 g/mol. The number of carbonyl (C=O) groups is 1. The van der Waals surface area contributed by atoms with Crippen LogP contribution in [0.25, 0.3) is 6.08 Å². The van der Waals surface area contributed by atoms with Crippen molar-refractivity contribution < 1.29 is 9.53 Å². The lowest BCUT2D eigenvalue weighted by Crippen LogP contribution is -2.29. The molecule has 2 aromatic rings. The van der Waals surface area contributed by atoms with E-state index < -0.39 is 0 Å². The van der Waals surface area contributed by atoms with Gasteiger partial charge in [-0.25, -0.2) is 0 Å². The van der Waals surface area contributed by atoms with Gasteiger partial charge in [-0.2, -0.15) is 0 Å². The van der Waals surface area contributed by atoms with E-state index in [9.17, 15) is 4.79 Å². The Kier molecular flexibility index (Phi) is 4.85. The summed E-state index contributed by atoms with van der Waals surface area (Å²) in [5.74, 6) is 0.866. The Balaban J connectivity index is 1.90. The number of fused-ring (bicyclic) bond motifs is 1. The number of ether oxygens (including phenoxy) is 1. The first-order valence-corrected chi connectivity index (χ1v) is 8.25. The number of hydrogen-bond donors (Lipinski definition) is 2. The molecule has 4 heteroatoms. The smallest absolute Gasteiger partial charge is 0.220 e. The third kappa shape index (κ3) is 3.59. The molecule has 24 heavy (non-hydrogen) atoms. The molecule has 0 aliphatic carbocycles. The average Bonchev–Trinajstić information content (AvgIpc) is 2.60. The molecule has 124 valence electrons. The molecule has 1 aliphatic heterocycles. The van der Waals surface area contributed by atoms with Crippen LogP contribution in [-0.4, -0.2) is 12.5 Å². The van der Waals surface area contributed by atoms with Crippen LogP contribution in [0.3, 0.4) is 0 Å². The van der Waals surface area contributed by atoms with Gasteiger partial charge in [-0.05, 0) is 41.8 Å². The van der Waals surface area contributed by atoms with Gasteiger partial charge in [-0.1, -0.05) is 37.3 Å². The molecule has 0 radical (unpaired) electrons. The monoisotopic (exact) mass is 322 g/mol. The minimum absolute atomic E-state index is 0.0589. The molecule has 1 unspecified atom stereocenters. The summed E-state index contributed by atoms with van der Waals surface area (Å²) in [7, 11) is 0. The Morgan fingerprint density at radius 3 is 2.75 bits per heavy atom. The van der Waals surface area contributed by atoms with Crippen LogP contribution in [0.15, 0.2) is 54.1 Å². The van der Waals surface area contributed by atoms with Crippen molar-refractivity contribution in [1.29, 1.82) is 0 Å². The van der Waals surface area contributed by atoms with Gasteiger partial charge in [-0.15, -0.1) is 0 Å². The Morgan fingerprint density at radius 2 is 2.00 bits per heavy atom. The van der Waals surface area contributed by atoms with Crippen LogP contribution in [0.4, 0.5) is 5.69 Å². The van der Waals surface area contributed by atoms with Crippen LogP contribution in [-0.2, 0) is 4.79 Å². The van der Waals surface area contributed by atoms with Crippen LogP contribution < -0.4 is 15.8 Å². The van der Waals surface area contributed by atoms with Crippen molar-refractivity contribution in [2.45, 2.75) is 25.9 Å². The number of carbonyl (C=O) groups excluding carboxylic acids is 1. The first-order valence-electron chi connectivity index (χ1n) is 8.25. The number of nitrogens with one attached hydrogen (secondary N) is 1. The van der Waals surface area contributed by atoms with Gasteiger partial charge in [0.2, 0.25) is 5.91 Å². The van der Waals surface area contributed by atoms with Gasteiger partial charge in [0.25, 0.3) is 0 Å². The number of nitrogen functional groups attached to an aromatic ring is 1. The van der Waals surface area contributed by atoms with E-state index in [4.69, 9.17) is 10.5 Å². The fourth-order valence-corrected chi connectivity index (χ4v) is 2.83. The minimum atomic E-state index is -0.204. The quantitative estimate of drug-likeness (QED) is 0.825. The standard InChI is InChI=1S/C20H22N2O2/c1-2-6-19(23)22-13-16-11-15-12-17(21)9-10-18(15)24-20(16)14-7-4-3-5-8-14/h3-5,7-12,20H,2,6,13,21H2,1H3,(H,22,23). The largest absolute Gasteiger partial charge is 0.481 e. The fourth-order valence-electron chi connectivity index (χ4n) is 2.83. The lowest BCUT2D eigenvalue weighted by molar-refractivity contribution is -0.120. The van der Waals surface area contributed by atoms with Crippen LogP contribution in [0.1, 0.15) is 37.0 Å². The molecule has 1 atom stereocenters. The normalized spacial score (nSPS) is 15.9. The van der Waals surface area contributed by atoms with Crippen molar-refractivity contribution in [1.82, 2.24) is 5.32 Å². The van der Waals surface area contributed by atoms with Crippen molar-refractivity contribution in [2.24, 2.45) is 0 Å². The highest BCUT2D eigenvalue weighted by Crippen LogP contribution is 2.37. The summed E-state index contributed by atoms with van der Waals surface area (Å²) < 4.78 is 6.20. The SMILES string of the molecule is CCCC(=O)NCC1=Cc2cc(N)ccc2OC1c1ccccc1. The topological polar surface area (TPSA) is 64.4 Å². The molecule has 4 nitrogen and oxygen atoms in total. The number of hydrogen-bond acceptors (Lipinski definition) is 3. The van der Waals surface area contributed by atoms with Gasteiger partial charge in [0.1, 0.15) is 11.9 Å². The molecule has 2 aromatic carbocycles. The molecular formula is C20H22N2O2. The predicted molar refractivity (Wildman–Crippen MR) is 96.6 cm³/mol. The Morgan fingerprint density at radius 1 is 1.21 bits per heavy atom. The molecule has 0 saturated carbocycles. The highest BCUT2D eigenvalue weighted by molar-refractivity contribution is 5.77. The number of rotatable bonds is 5. The summed E-state index contributed by atoms with van der Waals surface area (Å²) in [4.78, 5) is 11.8. The van der Waals surface area contributed by atoms with E-state index in [1.807, 2.05) is 55.5 Å². The molecule has 0 bridgehead atoms. The third-order valence-electron chi connectivity index (χ3n) is 4.03. The summed E-state index contributed by atoms with van der Waals surface area (Å²) in [6.07, 6.45) is 3.24. The number of anilines is 1. The molecule has 1 heterocycles. The van der Waals surface area contributed by atoms with E-state index in [-0.39, 0.29) is 12.0 Å². The Hall–Kier alpha value is -2.75. The molecule has 3 rings (SSSR count). The van der Waals surface area contributed by atoms with E-state index in [2.05, 4.69) is 11.4 Å². The van der Waals surface area contributed by atoms with Crippen LogP contribution in [0.5, 0.6) is 5.75 Å². The predicted octanol–water partition coefficient (Wildman–Crippen LogP) is 3.70. The summed E-state index contributed by atoms with van der Waals surface area (Å²) in [6, 6.07) is 15.7. The summed E-state index contributed by atoms with van der Waals surface area (Å²) in [6.45, 7) is 2.46. The van der Waals surface area contributed by atoms with Crippen LogP contribution in [0.2, 0.25) is 0 Å². The van der Waals surface area contributed by atoms with Crippen molar-refractivity contribution >= 4 is 17.7 Å². The second-order valence-electron chi connectivity index (χ2n) is 5.95. The third-order valence-corrected chi connectivity index (χ3v) is 4.03. The van der Waals surface area contributed by atoms with E-state index in [0.29, 0.717) is 18.7 Å². The maximum absolute atomic E-state index is 11.8. The minimum Gasteiger partial charge on any atom is -0.481 e. The first-order chi connectivity index (χ1) is 11.7. The molecule has 0 aromatic heterocycles. The van der Waals surface area contributed by atoms with E-state index in [0.717, 1.165) is 28.9 Å². The zero-order valence-electron chi connectivity index (χ0n) is 13.8. The van der Waals surface area contributed by atoms with Gasteiger partial charge in [0, 0.05) is 24.2 Å². The van der Waals surface area contributed by atoms with E-state index in [1.165, 1.54) is 0 Å². The maximum Gasteiger partial charge on any atom is 0.220 e. The second-order valence-corrected chi connectivity index (χ2v) is 5.95. The van der Waals surface area contributed by atoms with Crippen LogP contribution in [0, 0.1) is 0 Å². The van der Waals surface area contributed by atoms with Crippen molar-refractivity contribution in [2.75, 3.05) is 12.3 Å². The summed E-state index contributed by atoms with van der Waals surface area (Å²) in [5.41, 5.74) is 9.61. The van der Waals surface area contributed by atoms with Crippen molar-refractivity contribution in [3.63, 3.8) is 0 Å². The Labute approximate surface area is 142 Å². The number of amides is 1. The molecule has 0 saturated heterocycles. The lowest BCUT2D eigenvalue weighted by atomic mass is 9.95. The van der Waals surface area contributed by atoms with Gasteiger partial charge >= 0.3 is 0 Å². The maximum atomic E-state index is 11.8. The fraction of sp³-hybridized carbons (Fsp3) is 0.250. The average molecular weight is 322 g/mol. The van der Waals surface area contributed by atoms with Crippen molar-refractivity contribution in [3.05, 3.63) is 65.2 Å². The highest BCUT2D eigenvalue weighted by atomic mass is 16.5. The second kappa shape index (κ2) is 7.21. The number of benzene rings is 2. The zero-order valence-corrected chi connectivity index (χ0v) is 13.8. The summed E-state index contributed by atoms with van der Waals surface area (Å²) in [5, 5.41) is 2.98. The van der Waals surface area contributed by atoms with E-state index >= 15 is 0 Å². The molecule has 0 fully saturated rings. The number of nitrogens with two attached hydrogens (primary N) is 1. The van der Waals surface area contributed by atoms with E-state index in [1.54, 1.807) is 0 Å².